The number of rotatable bonds is 12. The number of aliphatic hydroxyl groups excluding tert-OH is 2. The molecule has 0 aliphatic heterocycles. The first-order valence-electron chi connectivity index (χ1n) is 7.96. The fraction of sp³-hybridized carbons (Fsp3) is 1.00. The molecule has 0 radical (unpaired) electrons. The van der Waals surface area contributed by atoms with Crippen molar-refractivity contribution in [3.8, 4) is 0 Å². The van der Waals surface area contributed by atoms with Gasteiger partial charge in [-0.1, -0.05) is 59.3 Å². The molecule has 3 atom stereocenters. The highest BCUT2D eigenvalue weighted by Gasteiger charge is 2.17. The number of aliphatic hydroxyl groups is 2. The monoisotopic (exact) mass is 258 g/mol. The lowest BCUT2D eigenvalue weighted by atomic mass is 9.87. The molecule has 0 spiro atoms. The molecule has 0 aliphatic carbocycles. The van der Waals surface area contributed by atoms with E-state index in [1.807, 2.05) is 0 Å². The lowest BCUT2D eigenvalue weighted by Crippen LogP contribution is -2.18. The Kier molecular flexibility index (Phi) is 11.9. The summed E-state index contributed by atoms with van der Waals surface area (Å²) in [5, 5.41) is 19.2. The van der Waals surface area contributed by atoms with Crippen LogP contribution in [0.3, 0.4) is 0 Å². The average Bonchev–Trinajstić information content (AvgIpc) is 2.35. The van der Waals surface area contributed by atoms with Crippen molar-refractivity contribution in [2.75, 3.05) is 6.61 Å². The summed E-state index contributed by atoms with van der Waals surface area (Å²) < 4.78 is 0. The van der Waals surface area contributed by atoms with Gasteiger partial charge in [0.1, 0.15) is 0 Å². The van der Waals surface area contributed by atoms with Crippen molar-refractivity contribution in [1.29, 1.82) is 0 Å². The van der Waals surface area contributed by atoms with Gasteiger partial charge in [-0.2, -0.15) is 0 Å². The summed E-state index contributed by atoms with van der Waals surface area (Å²) >= 11 is 0. The lowest BCUT2D eigenvalue weighted by Gasteiger charge is -2.23. The summed E-state index contributed by atoms with van der Waals surface area (Å²) in [5.74, 6) is 1.18. The summed E-state index contributed by atoms with van der Waals surface area (Å²) in [7, 11) is 0. The molecule has 0 saturated heterocycles. The van der Waals surface area contributed by atoms with Crippen LogP contribution in [0.5, 0.6) is 0 Å². The molecule has 0 heterocycles. The van der Waals surface area contributed by atoms with Gasteiger partial charge in [0.2, 0.25) is 0 Å². The largest absolute Gasteiger partial charge is 0.396 e. The minimum Gasteiger partial charge on any atom is -0.396 e. The maximum atomic E-state index is 10.2. The van der Waals surface area contributed by atoms with E-state index < -0.39 is 0 Å². The number of hydrogen-bond acceptors (Lipinski definition) is 2. The molecule has 0 aliphatic rings. The molecule has 2 heteroatoms. The SMILES string of the molecule is CCCCC(CC)CC(O)CC(CCC)CCO. The second-order valence-electron chi connectivity index (χ2n) is 5.71. The van der Waals surface area contributed by atoms with Crippen LogP contribution in [-0.2, 0) is 0 Å². The van der Waals surface area contributed by atoms with E-state index in [1.165, 1.54) is 25.7 Å². The Morgan fingerprint density at radius 1 is 0.833 bits per heavy atom. The molecular formula is C16H34O2. The lowest BCUT2D eigenvalue weighted by molar-refractivity contribution is 0.100. The van der Waals surface area contributed by atoms with Crippen LogP contribution in [0.15, 0.2) is 0 Å². The Morgan fingerprint density at radius 3 is 2.00 bits per heavy atom. The fourth-order valence-corrected chi connectivity index (χ4v) is 2.82. The molecular weight excluding hydrogens is 224 g/mol. The standard InChI is InChI=1S/C16H34O2/c1-4-7-9-14(6-3)12-16(18)13-15(8-5-2)10-11-17/h14-18H,4-13H2,1-3H3. The van der Waals surface area contributed by atoms with Gasteiger partial charge in [-0.25, -0.2) is 0 Å². The number of unbranched alkanes of at least 4 members (excludes halogenated alkanes) is 1. The third kappa shape index (κ3) is 8.93. The van der Waals surface area contributed by atoms with Crippen molar-refractivity contribution in [1.82, 2.24) is 0 Å². The summed E-state index contributed by atoms with van der Waals surface area (Å²) in [6.07, 6.45) is 9.71. The Labute approximate surface area is 114 Å². The summed E-state index contributed by atoms with van der Waals surface area (Å²) in [6, 6.07) is 0. The van der Waals surface area contributed by atoms with E-state index in [0.717, 1.165) is 32.1 Å². The van der Waals surface area contributed by atoms with Crippen LogP contribution in [0.2, 0.25) is 0 Å². The van der Waals surface area contributed by atoms with Gasteiger partial charge < -0.3 is 10.2 Å². The van der Waals surface area contributed by atoms with E-state index in [2.05, 4.69) is 20.8 Å². The highest BCUT2D eigenvalue weighted by Crippen LogP contribution is 2.24. The highest BCUT2D eigenvalue weighted by molar-refractivity contribution is 4.69. The zero-order valence-electron chi connectivity index (χ0n) is 12.7. The summed E-state index contributed by atoms with van der Waals surface area (Å²) in [6.45, 7) is 6.88. The zero-order valence-corrected chi connectivity index (χ0v) is 12.7. The van der Waals surface area contributed by atoms with Gasteiger partial charge in [-0.05, 0) is 31.1 Å². The van der Waals surface area contributed by atoms with E-state index in [4.69, 9.17) is 5.11 Å². The summed E-state index contributed by atoms with van der Waals surface area (Å²) in [5.41, 5.74) is 0. The van der Waals surface area contributed by atoms with Crippen molar-refractivity contribution in [2.24, 2.45) is 11.8 Å². The highest BCUT2D eigenvalue weighted by atomic mass is 16.3. The molecule has 0 aromatic rings. The van der Waals surface area contributed by atoms with Crippen molar-refractivity contribution >= 4 is 0 Å². The molecule has 0 fully saturated rings. The third-order valence-electron chi connectivity index (χ3n) is 3.99. The molecule has 3 unspecified atom stereocenters. The topological polar surface area (TPSA) is 40.5 Å². The first-order valence-corrected chi connectivity index (χ1v) is 7.96. The molecule has 2 nitrogen and oxygen atoms in total. The quantitative estimate of drug-likeness (QED) is 0.552. The van der Waals surface area contributed by atoms with Gasteiger partial charge >= 0.3 is 0 Å². The van der Waals surface area contributed by atoms with Crippen molar-refractivity contribution in [3.63, 3.8) is 0 Å². The van der Waals surface area contributed by atoms with Gasteiger partial charge in [-0.3, -0.25) is 0 Å². The van der Waals surface area contributed by atoms with Crippen LogP contribution in [0, 0.1) is 11.8 Å². The second-order valence-corrected chi connectivity index (χ2v) is 5.71. The molecule has 2 N–H and O–H groups in total. The molecule has 0 rings (SSSR count). The van der Waals surface area contributed by atoms with Crippen LogP contribution in [-0.4, -0.2) is 22.9 Å². The van der Waals surface area contributed by atoms with Gasteiger partial charge in [0.15, 0.2) is 0 Å². The smallest absolute Gasteiger partial charge is 0.0545 e. The minimum absolute atomic E-state index is 0.171. The van der Waals surface area contributed by atoms with Gasteiger partial charge in [0.25, 0.3) is 0 Å². The predicted octanol–water partition coefficient (Wildman–Crippen LogP) is 4.14. The first-order chi connectivity index (χ1) is 8.67. The van der Waals surface area contributed by atoms with E-state index in [1.54, 1.807) is 0 Å². The Bertz CT molecular complexity index is 164. The molecule has 0 amide bonds. The fourth-order valence-electron chi connectivity index (χ4n) is 2.82. The van der Waals surface area contributed by atoms with E-state index in [-0.39, 0.29) is 12.7 Å². The normalized spacial score (nSPS) is 16.5. The molecule has 0 bridgehead atoms. The molecule has 0 saturated carbocycles. The third-order valence-corrected chi connectivity index (χ3v) is 3.99. The van der Waals surface area contributed by atoms with E-state index in [9.17, 15) is 5.11 Å². The molecule has 110 valence electrons. The van der Waals surface area contributed by atoms with Crippen LogP contribution in [0.4, 0.5) is 0 Å². The van der Waals surface area contributed by atoms with Crippen molar-refractivity contribution in [3.05, 3.63) is 0 Å². The van der Waals surface area contributed by atoms with Crippen LogP contribution >= 0.6 is 0 Å². The summed E-state index contributed by atoms with van der Waals surface area (Å²) in [4.78, 5) is 0. The Morgan fingerprint density at radius 2 is 1.50 bits per heavy atom. The Hall–Kier alpha value is -0.0800. The van der Waals surface area contributed by atoms with Gasteiger partial charge in [0.05, 0.1) is 6.10 Å². The van der Waals surface area contributed by atoms with Crippen LogP contribution in [0.1, 0.15) is 78.6 Å². The van der Waals surface area contributed by atoms with Gasteiger partial charge in [0, 0.05) is 6.61 Å². The average molecular weight is 258 g/mol. The van der Waals surface area contributed by atoms with Crippen molar-refractivity contribution in [2.45, 2.75) is 84.7 Å². The molecule has 0 aromatic heterocycles. The van der Waals surface area contributed by atoms with Crippen molar-refractivity contribution < 1.29 is 10.2 Å². The molecule has 0 aromatic carbocycles. The zero-order chi connectivity index (χ0) is 13.8. The second kappa shape index (κ2) is 12.0. The molecule has 18 heavy (non-hydrogen) atoms. The van der Waals surface area contributed by atoms with Gasteiger partial charge in [-0.15, -0.1) is 0 Å². The van der Waals surface area contributed by atoms with Crippen LogP contribution in [0.25, 0.3) is 0 Å². The maximum absolute atomic E-state index is 10.2. The van der Waals surface area contributed by atoms with Crippen LogP contribution < -0.4 is 0 Å². The Balaban J connectivity index is 3.98. The minimum atomic E-state index is -0.171. The van der Waals surface area contributed by atoms with E-state index in [0.29, 0.717) is 11.8 Å². The number of hydrogen-bond donors (Lipinski definition) is 2. The first kappa shape index (κ1) is 17.9. The predicted molar refractivity (Wildman–Crippen MR) is 78.6 cm³/mol. The maximum Gasteiger partial charge on any atom is 0.0545 e. The van der Waals surface area contributed by atoms with E-state index >= 15 is 0 Å².